The van der Waals surface area contributed by atoms with E-state index in [9.17, 15) is 46.0 Å². The predicted octanol–water partition coefficient (Wildman–Crippen LogP) is -6.93. The summed E-state index contributed by atoms with van der Waals surface area (Å²) in [6.45, 7) is -1.83. The van der Waals surface area contributed by atoms with Crippen LogP contribution >= 0.6 is 0 Å². The quantitative estimate of drug-likeness (QED) is 0.165. The number of rotatable bonds is 7. The summed E-state index contributed by atoms with van der Waals surface area (Å²) in [7, 11) is 0. The van der Waals surface area contributed by atoms with Crippen LogP contribution in [-0.2, 0) is 23.7 Å². The summed E-state index contributed by atoms with van der Waals surface area (Å²) in [5.74, 6) is 0. The number of aliphatic hydroxyl groups is 10. The van der Waals surface area contributed by atoms with Crippen molar-refractivity contribution in [3.05, 3.63) is 0 Å². The SMILES string of the molecule is OC[C@@H]1O[C@@H](OC[C@H]2OC(O)[C@H](O)[C@@H](O[C@H]3O[C@H](CO)[C@@H](O)[C@H](O)[C@H]3O)[C@@H]2O)[C@H](O)[C@H]1O. The first-order valence-corrected chi connectivity index (χ1v) is 10.00. The Morgan fingerprint density at radius 2 is 1.06 bits per heavy atom. The van der Waals surface area contributed by atoms with E-state index in [-0.39, 0.29) is 0 Å². The normalized spacial score (nSPS) is 52.3. The second-order valence-electron chi connectivity index (χ2n) is 7.88. The minimum Gasteiger partial charge on any atom is -0.394 e. The van der Waals surface area contributed by atoms with Gasteiger partial charge in [-0.15, -0.1) is 0 Å². The van der Waals surface area contributed by atoms with Crippen molar-refractivity contribution >= 4 is 0 Å². The van der Waals surface area contributed by atoms with Gasteiger partial charge in [0.15, 0.2) is 18.9 Å². The van der Waals surface area contributed by atoms with Gasteiger partial charge in [0.1, 0.15) is 67.1 Å². The van der Waals surface area contributed by atoms with Crippen LogP contribution in [0.3, 0.4) is 0 Å². The molecule has 0 aromatic rings. The maximum absolute atomic E-state index is 10.6. The monoisotopic (exact) mass is 474 g/mol. The number of hydrogen-bond donors (Lipinski definition) is 10. The van der Waals surface area contributed by atoms with E-state index in [1.807, 2.05) is 0 Å². The maximum atomic E-state index is 10.6. The zero-order valence-electron chi connectivity index (χ0n) is 16.7. The molecule has 0 spiro atoms. The van der Waals surface area contributed by atoms with Crippen LogP contribution in [0.25, 0.3) is 0 Å². The van der Waals surface area contributed by atoms with Gasteiger partial charge in [-0.1, -0.05) is 0 Å². The molecule has 188 valence electrons. The molecule has 10 N–H and O–H groups in total. The Kier molecular flexibility index (Phi) is 8.75. The molecule has 32 heavy (non-hydrogen) atoms. The summed E-state index contributed by atoms with van der Waals surface area (Å²) in [5, 5.41) is 98.5. The van der Waals surface area contributed by atoms with Gasteiger partial charge < -0.3 is 74.7 Å². The zero-order chi connectivity index (χ0) is 23.7. The molecule has 0 saturated carbocycles. The average molecular weight is 474 g/mol. The lowest BCUT2D eigenvalue weighted by atomic mass is 9.97. The van der Waals surface area contributed by atoms with E-state index < -0.39 is 106 Å². The van der Waals surface area contributed by atoms with Crippen LogP contribution in [0.5, 0.6) is 0 Å². The van der Waals surface area contributed by atoms with Gasteiger partial charge in [0.2, 0.25) is 0 Å². The van der Waals surface area contributed by atoms with Crippen molar-refractivity contribution in [3.8, 4) is 0 Å². The first-order valence-electron chi connectivity index (χ1n) is 10.00. The van der Waals surface area contributed by atoms with Crippen molar-refractivity contribution < 1.29 is 74.7 Å². The van der Waals surface area contributed by atoms with Crippen LogP contribution < -0.4 is 0 Å². The predicted molar refractivity (Wildman–Crippen MR) is 95.2 cm³/mol. The molecule has 3 aliphatic heterocycles. The molecule has 3 aliphatic rings. The highest BCUT2D eigenvalue weighted by Crippen LogP contribution is 2.29. The molecule has 3 saturated heterocycles. The highest BCUT2D eigenvalue weighted by atomic mass is 16.7. The molecule has 0 amide bonds. The van der Waals surface area contributed by atoms with Gasteiger partial charge in [0.05, 0.1) is 19.8 Å². The van der Waals surface area contributed by atoms with Crippen LogP contribution in [0.4, 0.5) is 0 Å². The number of ether oxygens (including phenoxy) is 5. The Bertz CT molecular complexity index is 594. The third kappa shape index (κ3) is 5.07. The van der Waals surface area contributed by atoms with E-state index in [2.05, 4.69) is 0 Å². The van der Waals surface area contributed by atoms with E-state index >= 15 is 0 Å². The van der Waals surface area contributed by atoms with Crippen molar-refractivity contribution in [2.24, 2.45) is 0 Å². The van der Waals surface area contributed by atoms with Gasteiger partial charge in [-0.25, -0.2) is 0 Å². The van der Waals surface area contributed by atoms with Crippen LogP contribution in [0.2, 0.25) is 0 Å². The Morgan fingerprint density at radius 3 is 1.66 bits per heavy atom. The Balaban J connectivity index is 1.64. The first kappa shape index (κ1) is 26.0. The van der Waals surface area contributed by atoms with Gasteiger partial charge in [0.25, 0.3) is 0 Å². The molecule has 3 heterocycles. The molecule has 0 bridgehead atoms. The van der Waals surface area contributed by atoms with Crippen LogP contribution in [0, 0.1) is 0 Å². The van der Waals surface area contributed by atoms with Gasteiger partial charge in [-0.05, 0) is 0 Å². The molecule has 0 aromatic heterocycles. The lowest BCUT2D eigenvalue weighted by Gasteiger charge is -2.45. The van der Waals surface area contributed by atoms with Crippen molar-refractivity contribution in [1.82, 2.24) is 0 Å². The van der Waals surface area contributed by atoms with E-state index in [0.717, 1.165) is 0 Å². The summed E-state index contributed by atoms with van der Waals surface area (Å²) in [5.41, 5.74) is 0. The van der Waals surface area contributed by atoms with Crippen LogP contribution in [0.1, 0.15) is 0 Å². The van der Waals surface area contributed by atoms with Crippen LogP contribution in [-0.4, -0.2) is 157 Å². The molecular formula is C17H30O15. The van der Waals surface area contributed by atoms with Crippen LogP contribution in [0.15, 0.2) is 0 Å². The largest absolute Gasteiger partial charge is 0.394 e. The molecule has 15 heteroatoms. The Hall–Kier alpha value is -0.600. The minimum atomic E-state index is -1.88. The lowest BCUT2D eigenvalue weighted by molar-refractivity contribution is -0.358. The topological polar surface area (TPSA) is 248 Å². The molecule has 3 fully saturated rings. The zero-order valence-corrected chi connectivity index (χ0v) is 16.7. The van der Waals surface area contributed by atoms with Crippen molar-refractivity contribution in [2.75, 3.05) is 19.8 Å². The third-order valence-electron chi connectivity index (χ3n) is 5.72. The fraction of sp³-hybridized carbons (Fsp3) is 1.00. The van der Waals surface area contributed by atoms with E-state index in [0.29, 0.717) is 0 Å². The fourth-order valence-corrected chi connectivity index (χ4v) is 3.74. The van der Waals surface area contributed by atoms with Crippen molar-refractivity contribution in [2.45, 2.75) is 86.0 Å². The van der Waals surface area contributed by atoms with Gasteiger partial charge in [-0.3, -0.25) is 0 Å². The average Bonchev–Trinajstić information content (AvgIpc) is 3.05. The minimum absolute atomic E-state index is 0.522. The molecule has 15 nitrogen and oxygen atoms in total. The van der Waals surface area contributed by atoms with Gasteiger partial charge in [0, 0.05) is 0 Å². The number of hydrogen-bond acceptors (Lipinski definition) is 15. The molecule has 0 aromatic carbocycles. The summed E-state index contributed by atoms with van der Waals surface area (Å²) >= 11 is 0. The summed E-state index contributed by atoms with van der Waals surface area (Å²) < 4.78 is 26.0. The molecule has 1 unspecified atom stereocenters. The molecular weight excluding hydrogens is 444 g/mol. The highest BCUT2D eigenvalue weighted by molar-refractivity contribution is 4.94. The summed E-state index contributed by atoms with van der Waals surface area (Å²) in [6, 6.07) is 0. The first-order chi connectivity index (χ1) is 15.1. The maximum Gasteiger partial charge on any atom is 0.187 e. The fourth-order valence-electron chi connectivity index (χ4n) is 3.74. The van der Waals surface area contributed by atoms with E-state index in [4.69, 9.17) is 28.8 Å². The Labute approximate surface area is 181 Å². The van der Waals surface area contributed by atoms with Gasteiger partial charge >= 0.3 is 0 Å². The molecule has 0 aliphatic carbocycles. The summed E-state index contributed by atoms with van der Waals surface area (Å²) in [6.07, 6.45) is -22.1. The standard InChI is InChI=1S/C17H30O15/c18-1-4-7(20)10(23)12(25)17(31-4)32-14-9(22)6(29-15(27)13(14)26)3-28-16-11(24)8(21)5(2-19)30-16/h4-27H,1-3H2/t4-,5+,6-,7-,8+,9-,10+,11-,12-,13-,14+,15?,16-,17-/m1/s1. The third-order valence-corrected chi connectivity index (χ3v) is 5.72. The van der Waals surface area contributed by atoms with Crippen molar-refractivity contribution in [3.63, 3.8) is 0 Å². The van der Waals surface area contributed by atoms with Gasteiger partial charge in [-0.2, -0.15) is 0 Å². The smallest absolute Gasteiger partial charge is 0.187 e. The Morgan fingerprint density at radius 1 is 0.531 bits per heavy atom. The van der Waals surface area contributed by atoms with E-state index in [1.165, 1.54) is 0 Å². The second-order valence-corrected chi connectivity index (χ2v) is 7.88. The molecule has 0 radical (unpaired) electrons. The second kappa shape index (κ2) is 10.8. The van der Waals surface area contributed by atoms with Crippen molar-refractivity contribution in [1.29, 1.82) is 0 Å². The number of aliphatic hydroxyl groups excluding tert-OH is 10. The molecule has 3 rings (SSSR count). The van der Waals surface area contributed by atoms with E-state index in [1.54, 1.807) is 0 Å². The highest BCUT2D eigenvalue weighted by Gasteiger charge is 2.51. The lowest BCUT2D eigenvalue weighted by Crippen LogP contribution is -2.64. The summed E-state index contributed by atoms with van der Waals surface area (Å²) in [4.78, 5) is 0. The molecule has 14 atom stereocenters.